The van der Waals surface area contributed by atoms with E-state index in [1.54, 1.807) is 4.90 Å². The molecule has 2 fully saturated rings. The predicted molar refractivity (Wildman–Crippen MR) is 141 cm³/mol. The van der Waals surface area contributed by atoms with E-state index in [4.69, 9.17) is 14.2 Å². The first-order valence-electron chi connectivity index (χ1n) is 13.2. The van der Waals surface area contributed by atoms with E-state index >= 15 is 0 Å². The number of rotatable bonds is 4. The minimum absolute atomic E-state index is 0.0990. The quantitative estimate of drug-likeness (QED) is 0.442. The topological polar surface area (TPSA) is 90.2 Å². The standard InChI is InChI=1S/C28H32N2O6S/c1-34-28(33)29-11-5-8-19(16-29)36-18-9-10-20-22(14-18)35-13-12-30-21-15-23(27(31)32)37-26(21)24(25(20)30)17-6-3-2-4-7-17/h9-10,14-15,17,19H,2-8,11-13,16H2,1H3,(H,31,32). The van der Waals surface area contributed by atoms with Gasteiger partial charge in [-0.3, -0.25) is 0 Å². The highest BCUT2D eigenvalue weighted by Crippen LogP contribution is 2.49. The zero-order valence-electron chi connectivity index (χ0n) is 21.0. The van der Waals surface area contributed by atoms with Crippen LogP contribution >= 0.6 is 11.3 Å². The number of thiophene rings is 1. The SMILES string of the molecule is COC(=O)N1CCCC(Oc2ccc3c(c2)OCCn2c-3c(C3CCCCC3)c3sc(C(=O)O)cc32)C1. The van der Waals surface area contributed by atoms with Crippen molar-refractivity contribution in [3.63, 3.8) is 0 Å². The molecule has 0 bridgehead atoms. The molecule has 196 valence electrons. The molecule has 1 saturated carbocycles. The van der Waals surface area contributed by atoms with E-state index in [9.17, 15) is 14.7 Å². The molecule has 1 unspecified atom stereocenters. The van der Waals surface area contributed by atoms with Crippen molar-refractivity contribution in [1.29, 1.82) is 0 Å². The summed E-state index contributed by atoms with van der Waals surface area (Å²) < 4.78 is 20.8. The molecule has 2 aromatic heterocycles. The third kappa shape index (κ3) is 4.43. The summed E-state index contributed by atoms with van der Waals surface area (Å²) in [5.41, 5.74) is 4.48. The van der Waals surface area contributed by atoms with E-state index < -0.39 is 5.97 Å². The molecular weight excluding hydrogens is 492 g/mol. The highest BCUT2D eigenvalue weighted by Gasteiger charge is 2.32. The zero-order valence-corrected chi connectivity index (χ0v) is 21.8. The van der Waals surface area contributed by atoms with E-state index in [1.165, 1.54) is 49.0 Å². The largest absolute Gasteiger partial charge is 0.491 e. The van der Waals surface area contributed by atoms with Crippen LogP contribution in [-0.4, -0.2) is 59.5 Å². The van der Waals surface area contributed by atoms with Crippen molar-refractivity contribution in [3.8, 4) is 22.8 Å². The summed E-state index contributed by atoms with van der Waals surface area (Å²) in [6.07, 6.45) is 7.25. The molecule has 6 rings (SSSR count). The highest BCUT2D eigenvalue weighted by molar-refractivity contribution is 7.21. The van der Waals surface area contributed by atoms with Gasteiger partial charge >= 0.3 is 12.1 Å². The number of carbonyl (C=O) groups is 2. The second-order valence-corrected chi connectivity index (χ2v) is 11.2. The second kappa shape index (κ2) is 9.93. The third-order valence-corrected chi connectivity index (χ3v) is 9.04. The average Bonchev–Trinajstić information content (AvgIpc) is 3.41. The Bertz CT molecular complexity index is 1340. The van der Waals surface area contributed by atoms with Crippen LogP contribution in [0.1, 0.15) is 66.1 Å². The maximum atomic E-state index is 12.0. The van der Waals surface area contributed by atoms with Gasteiger partial charge in [-0.15, -0.1) is 11.3 Å². The Balaban J connectivity index is 1.37. The Kier molecular flexibility index (Phi) is 6.48. The lowest BCUT2D eigenvalue weighted by Gasteiger charge is -2.32. The minimum Gasteiger partial charge on any atom is -0.491 e. The van der Waals surface area contributed by atoms with Crippen LogP contribution in [0.15, 0.2) is 24.3 Å². The number of aromatic nitrogens is 1. The summed E-state index contributed by atoms with van der Waals surface area (Å²) in [6, 6.07) is 7.87. The van der Waals surface area contributed by atoms with Gasteiger partial charge in [0, 0.05) is 18.2 Å². The summed E-state index contributed by atoms with van der Waals surface area (Å²) in [4.78, 5) is 25.9. The number of carboxylic acids is 1. The van der Waals surface area contributed by atoms with Gasteiger partial charge in [0.2, 0.25) is 0 Å². The van der Waals surface area contributed by atoms with E-state index in [2.05, 4.69) is 10.6 Å². The van der Waals surface area contributed by atoms with E-state index in [0.29, 0.717) is 37.0 Å². The van der Waals surface area contributed by atoms with Crippen LogP contribution < -0.4 is 9.47 Å². The molecule has 1 aromatic carbocycles. The molecule has 1 N–H and O–H groups in total. The molecular formula is C28H32N2O6S. The molecule has 1 saturated heterocycles. The van der Waals surface area contributed by atoms with Crippen LogP contribution in [0.4, 0.5) is 4.79 Å². The van der Waals surface area contributed by atoms with Gasteiger partial charge in [-0.1, -0.05) is 19.3 Å². The van der Waals surface area contributed by atoms with Crippen LogP contribution in [-0.2, 0) is 11.3 Å². The Labute approximate surface area is 219 Å². The van der Waals surface area contributed by atoms with Crippen LogP contribution in [0.2, 0.25) is 0 Å². The van der Waals surface area contributed by atoms with Crippen LogP contribution in [0.5, 0.6) is 11.5 Å². The number of nitrogens with zero attached hydrogens (tertiary/aromatic N) is 2. The van der Waals surface area contributed by atoms with E-state index in [0.717, 1.165) is 53.0 Å². The van der Waals surface area contributed by atoms with E-state index in [1.807, 2.05) is 18.2 Å². The fraction of sp³-hybridized carbons (Fsp3) is 0.500. The maximum Gasteiger partial charge on any atom is 0.409 e. The molecule has 1 aliphatic carbocycles. The van der Waals surface area contributed by atoms with Gasteiger partial charge in [0.15, 0.2) is 0 Å². The van der Waals surface area contributed by atoms with Gasteiger partial charge in [0.05, 0.1) is 36.1 Å². The van der Waals surface area contributed by atoms with Crippen molar-refractivity contribution in [3.05, 3.63) is 34.7 Å². The first kappa shape index (κ1) is 24.2. The van der Waals surface area contributed by atoms with Crippen LogP contribution in [0, 0.1) is 0 Å². The minimum atomic E-state index is -0.870. The number of amides is 1. The lowest BCUT2D eigenvalue weighted by Crippen LogP contribution is -2.44. The number of likely N-dealkylation sites (tertiary alicyclic amines) is 1. The summed E-state index contributed by atoms with van der Waals surface area (Å²) in [6.45, 7) is 2.34. The molecule has 9 heteroatoms. The number of hydrogen-bond acceptors (Lipinski definition) is 6. The Morgan fingerprint density at radius 2 is 1.92 bits per heavy atom. The van der Waals surface area contributed by atoms with Gasteiger partial charge in [0.25, 0.3) is 0 Å². The van der Waals surface area contributed by atoms with E-state index in [-0.39, 0.29) is 12.2 Å². The summed E-state index contributed by atoms with van der Waals surface area (Å²) in [5, 5.41) is 9.68. The third-order valence-electron chi connectivity index (χ3n) is 7.89. The van der Waals surface area contributed by atoms with Gasteiger partial charge in [-0.05, 0) is 55.4 Å². The number of aromatic carboxylic acids is 1. The number of hydrogen-bond donors (Lipinski definition) is 1. The summed E-state index contributed by atoms with van der Waals surface area (Å²) in [5.74, 6) is 1.06. The first-order chi connectivity index (χ1) is 18.0. The number of carboxylic acid groups (broad SMARTS) is 1. The number of methoxy groups -OCH3 is 1. The molecule has 4 heterocycles. The van der Waals surface area contributed by atoms with Crippen molar-refractivity contribution >= 4 is 33.6 Å². The van der Waals surface area contributed by atoms with Gasteiger partial charge in [-0.25, -0.2) is 9.59 Å². The lowest BCUT2D eigenvalue weighted by molar-refractivity contribution is 0.0691. The van der Waals surface area contributed by atoms with Crippen LogP contribution in [0.25, 0.3) is 21.5 Å². The van der Waals surface area contributed by atoms with Gasteiger partial charge < -0.3 is 28.8 Å². The molecule has 0 spiro atoms. The zero-order chi connectivity index (χ0) is 25.5. The molecule has 3 aromatic rings. The number of carbonyl (C=O) groups excluding carboxylic acids is 1. The first-order valence-corrected chi connectivity index (χ1v) is 14.0. The summed E-state index contributed by atoms with van der Waals surface area (Å²) >= 11 is 1.40. The Morgan fingerprint density at radius 3 is 2.70 bits per heavy atom. The predicted octanol–water partition coefficient (Wildman–Crippen LogP) is 6.12. The fourth-order valence-corrected chi connectivity index (χ4v) is 7.33. The molecule has 8 nitrogen and oxygen atoms in total. The van der Waals surface area contributed by atoms with Gasteiger partial charge in [0.1, 0.15) is 29.1 Å². The van der Waals surface area contributed by atoms with Crippen molar-refractivity contribution in [1.82, 2.24) is 9.47 Å². The second-order valence-electron chi connectivity index (χ2n) is 10.2. The molecule has 1 amide bonds. The highest BCUT2D eigenvalue weighted by atomic mass is 32.1. The lowest BCUT2D eigenvalue weighted by atomic mass is 9.83. The monoisotopic (exact) mass is 524 g/mol. The smallest absolute Gasteiger partial charge is 0.409 e. The number of benzene rings is 1. The molecule has 2 aliphatic heterocycles. The van der Waals surface area contributed by atoms with Crippen molar-refractivity contribution in [2.45, 2.75) is 63.5 Å². The van der Waals surface area contributed by atoms with Crippen molar-refractivity contribution in [2.75, 3.05) is 26.8 Å². The number of fused-ring (bicyclic) bond motifs is 5. The molecule has 1 atom stereocenters. The normalized spacial score (nSPS) is 20.0. The Morgan fingerprint density at radius 1 is 1.08 bits per heavy atom. The average molecular weight is 525 g/mol. The van der Waals surface area contributed by atoms with Crippen molar-refractivity contribution < 1.29 is 28.9 Å². The number of piperidine rings is 1. The Hall–Kier alpha value is -3.20. The fourth-order valence-electron chi connectivity index (χ4n) is 6.21. The molecule has 37 heavy (non-hydrogen) atoms. The number of ether oxygens (including phenoxy) is 3. The van der Waals surface area contributed by atoms with Crippen molar-refractivity contribution in [2.24, 2.45) is 0 Å². The summed E-state index contributed by atoms with van der Waals surface area (Å²) in [7, 11) is 1.40. The van der Waals surface area contributed by atoms with Gasteiger partial charge in [-0.2, -0.15) is 0 Å². The molecule has 3 aliphatic rings. The molecule has 0 radical (unpaired) electrons. The van der Waals surface area contributed by atoms with Crippen LogP contribution in [0.3, 0.4) is 0 Å². The maximum absolute atomic E-state index is 12.0.